The van der Waals surface area contributed by atoms with E-state index in [9.17, 15) is 4.39 Å². The first-order chi connectivity index (χ1) is 7.79. The predicted octanol–water partition coefficient (Wildman–Crippen LogP) is 2.15. The minimum atomic E-state index is -0.409. The molecule has 0 aromatic carbocycles. The number of alkyl halides is 1. The molecule has 90 valence electrons. The molecule has 1 atom stereocenters. The number of aryl methyl sites for hydroxylation is 1. The smallest absolute Gasteiger partial charge is 0.120 e. The number of hydrogen-bond acceptors (Lipinski definition) is 3. The number of ether oxygens (including phenoxy) is 1. The van der Waals surface area contributed by atoms with Crippen LogP contribution < -0.4 is 0 Å². The summed E-state index contributed by atoms with van der Waals surface area (Å²) in [6.45, 7) is 4.61. The van der Waals surface area contributed by atoms with Crippen LogP contribution in [0.25, 0.3) is 0 Å². The lowest BCUT2D eigenvalue weighted by molar-refractivity contribution is 0.0352. The van der Waals surface area contributed by atoms with Crippen LogP contribution >= 0.6 is 0 Å². The Bertz CT molecular complexity index is 327. The zero-order chi connectivity index (χ0) is 11.4. The van der Waals surface area contributed by atoms with Gasteiger partial charge in [-0.2, -0.15) is 0 Å². The molecule has 1 aliphatic rings. The molecule has 2 rings (SSSR count). The molecule has 1 aromatic heterocycles. The molecule has 0 N–H and O–H groups in total. The highest BCUT2D eigenvalue weighted by molar-refractivity contribution is 5.14. The minimum Gasteiger partial charge on any atom is -0.468 e. The Morgan fingerprint density at radius 1 is 1.56 bits per heavy atom. The number of halogens is 1. The van der Waals surface area contributed by atoms with Crippen molar-refractivity contribution in [2.45, 2.75) is 26.0 Å². The Labute approximate surface area is 95.2 Å². The van der Waals surface area contributed by atoms with Gasteiger partial charge in [-0.25, -0.2) is 4.39 Å². The monoisotopic (exact) mass is 227 g/mol. The molecule has 0 unspecified atom stereocenters. The van der Waals surface area contributed by atoms with Gasteiger partial charge in [-0.05, 0) is 25.0 Å². The SMILES string of the molecule is Cc1ccoc1CN1CCCO[C@@H](CF)C1. The van der Waals surface area contributed by atoms with Crippen LogP contribution in [0.2, 0.25) is 0 Å². The molecule has 4 heteroatoms. The standard InChI is InChI=1S/C12H18FNO2/c1-10-3-6-16-12(10)9-14-4-2-5-15-11(7-13)8-14/h3,6,11H,2,4-5,7-9H2,1H3/t11-/m0/s1. The van der Waals surface area contributed by atoms with Crippen molar-refractivity contribution in [3.63, 3.8) is 0 Å². The van der Waals surface area contributed by atoms with Crippen molar-refractivity contribution in [1.29, 1.82) is 0 Å². The fourth-order valence-electron chi connectivity index (χ4n) is 1.98. The third kappa shape index (κ3) is 2.83. The fourth-order valence-corrected chi connectivity index (χ4v) is 1.98. The zero-order valence-corrected chi connectivity index (χ0v) is 9.62. The lowest BCUT2D eigenvalue weighted by Crippen LogP contribution is -2.32. The summed E-state index contributed by atoms with van der Waals surface area (Å²) < 4.78 is 23.4. The Kier molecular flexibility index (Phi) is 3.96. The van der Waals surface area contributed by atoms with Crippen molar-refractivity contribution in [1.82, 2.24) is 4.90 Å². The van der Waals surface area contributed by atoms with Crippen molar-refractivity contribution in [2.75, 3.05) is 26.4 Å². The first-order valence-corrected chi connectivity index (χ1v) is 5.72. The van der Waals surface area contributed by atoms with E-state index in [2.05, 4.69) is 4.90 Å². The third-order valence-corrected chi connectivity index (χ3v) is 2.94. The van der Waals surface area contributed by atoms with E-state index in [1.165, 1.54) is 0 Å². The van der Waals surface area contributed by atoms with E-state index < -0.39 is 6.67 Å². The molecule has 2 heterocycles. The van der Waals surface area contributed by atoms with Gasteiger partial charge < -0.3 is 9.15 Å². The van der Waals surface area contributed by atoms with Crippen molar-refractivity contribution < 1.29 is 13.5 Å². The van der Waals surface area contributed by atoms with Gasteiger partial charge in [0.2, 0.25) is 0 Å². The highest BCUT2D eigenvalue weighted by atomic mass is 19.1. The summed E-state index contributed by atoms with van der Waals surface area (Å²) in [7, 11) is 0. The Balaban J connectivity index is 1.95. The van der Waals surface area contributed by atoms with Crippen LogP contribution in [0.4, 0.5) is 4.39 Å². The summed E-state index contributed by atoms with van der Waals surface area (Å²) in [5.74, 6) is 0.972. The summed E-state index contributed by atoms with van der Waals surface area (Å²) in [5, 5.41) is 0. The molecule has 16 heavy (non-hydrogen) atoms. The number of furan rings is 1. The topological polar surface area (TPSA) is 25.6 Å². The molecular weight excluding hydrogens is 209 g/mol. The average Bonchev–Trinajstić information content (AvgIpc) is 2.55. The summed E-state index contributed by atoms with van der Waals surface area (Å²) in [4.78, 5) is 2.20. The van der Waals surface area contributed by atoms with E-state index in [-0.39, 0.29) is 6.10 Å². The van der Waals surface area contributed by atoms with E-state index in [1.807, 2.05) is 13.0 Å². The second-order valence-corrected chi connectivity index (χ2v) is 4.26. The third-order valence-electron chi connectivity index (χ3n) is 2.94. The maximum absolute atomic E-state index is 12.6. The molecule has 1 fully saturated rings. The molecule has 0 bridgehead atoms. The molecule has 1 aromatic rings. The van der Waals surface area contributed by atoms with Gasteiger partial charge in [-0.1, -0.05) is 0 Å². The van der Waals surface area contributed by atoms with Crippen LogP contribution in [-0.2, 0) is 11.3 Å². The second kappa shape index (κ2) is 5.46. The molecule has 1 aliphatic heterocycles. The maximum Gasteiger partial charge on any atom is 0.120 e. The van der Waals surface area contributed by atoms with Gasteiger partial charge in [-0.15, -0.1) is 0 Å². The molecule has 0 aliphatic carbocycles. The first kappa shape index (κ1) is 11.6. The predicted molar refractivity (Wildman–Crippen MR) is 59.1 cm³/mol. The fraction of sp³-hybridized carbons (Fsp3) is 0.667. The van der Waals surface area contributed by atoms with Gasteiger partial charge in [0.05, 0.1) is 18.9 Å². The molecule has 1 saturated heterocycles. The van der Waals surface area contributed by atoms with Crippen LogP contribution in [0.3, 0.4) is 0 Å². The minimum absolute atomic E-state index is 0.280. The molecule has 0 saturated carbocycles. The van der Waals surface area contributed by atoms with Crippen LogP contribution in [0.1, 0.15) is 17.7 Å². The van der Waals surface area contributed by atoms with Gasteiger partial charge >= 0.3 is 0 Å². The van der Waals surface area contributed by atoms with Crippen LogP contribution in [0, 0.1) is 6.92 Å². The number of hydrogen-bond donors (Lipinski definition) is 0. The maximum atomic E-state index is 12.6. The molecule has 0 radical (unpaired) electrons. The highest BCUT2D eigenvalue weighted by Gasteiger charge is 2.19. The van der Waals surface area contributed by atoms with Crippen LogP contribution in [0.5, 0.6) is 0 Å². The van der Waals surface area contributed by atoms with E-state index in [1.54, 1.807) is 6.26 Å². The number of nitrogens with zero attached hydrogens (tertiary/aromatic N) is 1. The summed E-state index contributed by atoms with van der Waals surface area (Å²) >= 11 is 0. The molecule has 0 amide bonds. The van der Waals surface area contributed by atoms with Crippen molar-refractivity contribution >= 4 is 0 Å². The summed E-state index contributed by atoms with van der Waals surface area (Å²) in [6.07, 6.45) is 2.37. The van der Waals surface area contributed by atoms with E-state index in [0.717, 1.165) is 30.8 Å². The lowest BCUT2D eigenvalue weighted by atomic mass is 10.2. The Morgan fingerprint density at radius 3 is 3.12 bits per heavy atom. The first-order valence-electron chi connectivity index (χ1n) is 5.72. The molecule has 0 spiro atoms. The van der Waals surface area contributed by atoms with Crippen molar-refractivity contribution in [3.05, 3.63) is 23.7 Å². The van der Waals surface area contributed by atoms with Gasteiger partial charge in [-0.3, -0.25) is 4.90 Å². The summed E-state index contributed by atoms with van der Waals surface area (Å²) in [6, 6.07) is 1.95. The van der Waals surface area contributed by atoms with Gasteiger partial charge in [0.15, 0.2) is 0 Å². The van der Waals surface area contributed by atoms with E-state index in [4.69, 9.17) is 9.15 Å². The van der Waals surface area contributed by atoms with E-state index >= 15 is 0 Å². The lowest BCUT2D eigenvalue weighted by Gasteiger charge is -2.21. The normalized spacial score (nSPS) is 23.2. The highest BCUT2D eigenvalue weighted by Crippen LogP contribution is 2.14. The zero-order valence-electron chi connectivity index (χ0n) is 9.62. The summed E-state index contributed by atoms with van der Waals surface area (Å²) in [5.41, 5.74) is 1.15. The Hall–Kier alpha value is -0.870. The van der Waals surface area contributed by atoms with Crippen LogP contribution in [0.15, 0.2) is 16.7 Å². The number of rotatable bonds is 3. The van der Waals surface area contributed by atoms with E-state index in [0.29, 0.717) is 13.2 Å². The van der Waals surface area contributed by atoms with Crippen LogP contribution in [-0.4, -0.2) is 37.4 Å². The molecule has 3 nitrogen and oxygen atoms in total. The van der Waals surface area contributed by atoms with Crippen molar-refractivity contribution in [3.8, 4) is 0 Å². The average molecular weight is 227 g/mol. The van der Waals surface area contributed by atoms with Gasteiger partial charge in [0, 0.05) is 19.7 Å². The Morgan fingerprint density at radius 2 is 2.44 bits per heavy atom. The molecular formula is C12H18FNO2. The van der Waals surface area contributed by atoms with Crippen molar-refractivity contribution in [2.24, 2.45) is 0 Å². The van der Waals surface area contributed by atoms with Gasteiger partial charge in [0.1, 0.15) is 12.4 Å². The van der Waals surface area contributed by atoms with Gasteiger partial charge in [0.25, 0.3) is 0 Å². The largest absolute Gasteiger partial charge is 0.468 e. The quantitative estimate of drug-likeness (QED) is 0.791. The second-order valence-electron chi connectivity index (χ2n) is 4.26.